The Bertz CT molecular complexity index is 648. The summed E-state index contributed by atoms with van der Waals surface area (Å²) in [7, 11) is -10.5. The summed E-state index contributed by atoms with van der Waals surface area (Å²) < 4.78 is 38.6. The second kappa shape index (κ2) is 15.6. The second-order valence-electron chi connectivity index (χ2n) is 11.8. The number of carbonyl (C=O) groups excluding carboxylic acids is 1. The number of rotatable bonds is 20. The summed E-state index contributed by atoms with van der Waals surface area (Å²) in [5, 5.41) is 0. The average molecular weight is 597 g/mol. The van der Waals surface area contributed by atoms with Crippen LogP contribution in [0.2, 0.25) is 70.5 Å². The first-order valence-electron chi connectivity index (χ1n) is 13.5. The van der Waals surface area contributed by atoms with Crippen molar-refractivity contribution in [2.45, 2.75) is 123 Å². The predicted molar refractivity (Wildman–Crippen MR) is 162 cm³/mol. The molecule has 36 heavy (non-hydrogen) atoms. The van der Waals surface area contributed by atoms with Gasteiger partial charge in [0.2, 0.25) is 0 Å². The van der Waals surface area contributed by atoms with E-state index in [4.69, 9.17) is 25.6 Å². The quantitative estimate of drug-likeness (QED) is 0.0621. The second-order valence-corrected chi connectivity index (χ2v) is 31.0. The molecule has 0 amide bonds. The molecule has 214 valence electrons. The summed E-state index contributed by atoms with van der Waals surface area (Å²) >= 11 is 0. The zero-order chi connectivity index (χ0) is 28.3. The summed E-state index contributed by atoms with van der Waals surface area (Å²) in [6.07, 6.45) is 5.20. The van der Waals surface area contributed by atoms with Gasteiger partial charge in [-0.15, -0.1) is 0 Å². The molecule has 0 heterocycles. The third-order valence-electron chi connectivity index (χ3n) is 5.63. The van der Waals surface area contributed by atoms with Crippen LogP contribution in [0.5, 0.6) is 0 Å². The van der Waals surface area contributed by atoms with E-state index < -0.39 is 42.6 Å². The van der Waals surface area contributed by atoms with Crippen molar-refractivity contribution < 1.29 is 30.4 Å². The number of hydrogen-bond acceptors (Lipinski definition) is 7. The Morgan fingerprint density at radius 2 is 1.11 bits per heavy atom. The van der Waals surface area contributed by atoms with Crippen LogP contribution in [-0.2, 0) is 30.4 Å². The SMILES string of the molecule is C=C(C)C(=O)OCCC[Si](OC)(O[Si](C)(C)O[Si](C)(C)CCCC)O[Si](C)(C)O[Si](C)(C)CCCC. The van der Waals surface area contributed by atoms with Crippen LogP contribution in [0, 0.1) is 0 Å². The number of carbonyl (C=O) groups is 1. The summed E-state index contributed by atoms with van der Waals surface area (Å²) in [6.45, 7) is 27.4. The van der Waals surface area contributed by atoms with E-state index in [9.17, 15) is 4.79 Å². The highest BCUT2D eigenvalue weighted by molar-refractivity contribution is 6.89. The number of esters is 1. The number of ether oxygens (including phenoxy) is 1. The first-order chi connectivity index (χ1) is 16.3. The van der Waals surface area contributed by atoms with E-state index in [2.05, 4.69) is 72.8 Å². The van der Waals surface area contributed by atoms with Crippen LogP contribution >= 0.6 is 0 Å². The van der Waals surface area contributed by atoms with Crippen molar-refractivity contribution in [3.05, 3.63) is 12.2 Å². The van der Waals surface area contributed by atoms with Crippen LogP contribution in [0.15, 0.2) is 12.2 Å². The summed E-state index contributed by atoms with van der Waals surface area (Å²) in [4.78, 5) is 11.9. The third kappa shape index (κ3) is 15.5. The molecule has 0 N–H and O–H groups in total. The molecule has 0 aliphatic rings. The Hall–Kier alpha value is 0.0944. The van der Waals surface area contributed by atoms with Crippen LogP contribution in [0.1, 0.15) is 52.9 Å². The minimum Gasteiger partial charge on any atom is -0.462 e. The van der Waals surface area contributed by atoms with Gasteiger partial charge in [-0.2, -0.15) is 0 Å². The number of hydrogen-bond donors (Lipinski definition) is 0. The highest BCUT2D eigenvalue weighted by Crippen LogP contribution is 2.31. The molecule has 0 bridgehead atoms. The van der Waals surface area contributed by atoms with Crippen LogP contribution < -0.4 is 0 Å². The van der Waals surface area contributed by atoms with Gasteiger partial charge in [-0.05, 0) is 77.8 Å². The minimum absolute atomic E-state index is 0.260. The van der Waals surface area contributed by atoms with Gasteiger partial charge >= 0.3 is 31.9 Å². The van der Waals surface area contributed by atoms with Gasteiger partial charge in [0.1, 0.15) is 0 Å². The van der Waals surface area contributed by atoms with Gasteiger partial charge in [0.15, 0.2) is 16.6 Å². The van der Waals surface area contributed by atoms with E-state index in [1.54, 1.807) is 14.0 Å². The molecular weight excluding hydrogens is 541 g/mol. The Balaban J connectivity index is 5.79. The molecule has 0 rings (SSSR count). The molecule has 0 unspecified atom stereocenters. The molecular formula is C24H56O7Si5. The Morgan fingerprint density at radius 3 is 1.44 bits per heavy atom. The van der Waals surface area contributed by atoms with Gasteiger partial charge in [-0.1, -0.05) is 46.1 Å². The zero-order valence-corrected chi connectivity index (χ0v) is 30.4. The molecule has 7 nitrogen and oxygen atoms in total. The standard InChI is InChI=1S/C24H56O7Si5/c1-14-16-20-32(6,7)28-34(10,11)30-36(26-5,22-18-19-27-24(25)23(3)4)31-35(12,13)29-33(8,9)21-17-15-2/h3,14-22H2,1-2,4-13H3. The molecule has 0 aliphatic carbocycles. The maximum absolute atomic E-state index is 11.9. The lowest BCUT2D eigenvalue weighted by atomic mass is 10.4. The first-order valence-corrected chi connectivity index (χ1v) is 27.3. The third-order valence-corrected chi connectivity index (χ3v) is 25.1. The first kappa shape index (κ1) is 36.1. The molecule has 0 spiro atoms. The largest absolute Gasteiger partial charge is 0.482 e. The molecule has 0 fully saturated rings. The molecule has 0 saturated carbocycles. The normalized spacial score (nSPS) is 13.7. The van der Waals surface area contributed by atoms with E-state index in [0.717, 1.165) is 37.8 Å². The van der Waals surface area contributed by atoms with Gasteiger partial charge in [0.25, 0.3) is 0 Å². The molecule has 0 atom stereocenters. The molecule has 0 aromatic carbocycles. The summed E-state index contributed by atoms with van der Waals surface area (Å²) in [5.41, 5.74) is 0.389. The lowest BCUT2D eigenvalue weighted by Gasteiger charge is -2.43. The monoisotopic (exact) mass is 596 g/mol. The summed E-state index contributed by atoms with van der Waals surface area (Å²) in [6, 6.07) is 2.73. The van der Waals surface area contributed by atoms with Crippen LogP contribution in [0.25, 0.3) is 0 Å². The predicted octanol–water partition coefficient (Wildman–Crippen LogP) is 7.56. The van der Waals surface area contributed by atoms with E-state index in [1.165, 1.54) is 0 Å². The van der Waals surface area contributed by atoms with E-state index in [-0.39, 0.29) is 12.6 Å². The van der Waals surface area contributed by atoms with Gasteiger partial charge < -0.3 is 25.6 Å². The van der Waals surface area contributed by atoms with Crippen molar-refractivity contribution in [1.82, 2.24) is 0 Å². The minimum atomic E-state index is -3.20. The van der Waals surface area contributed by atoms with Crippen molar-refractivity contribution in [1.29, 1.82) is 0 Å². The topological polar surface area (TPSA) is 72.5 Å². The van der Waals surface area contributed by atoms with Crippen molar-refractivity contribution in [2.24, 2.45) is 0 Å². The maximum atomic E-state index is 11.9. The maximum Gasteiger partial charge on any atom is 0.482 e. The smallest absolute Gasteiger partial charge is 0.462 e. The van der Waals surface area contributed by atoms with Crippen LogP contribution in [0.3, 0.4) is 0 Å². The summed E-state index contributed by atoms with van der Waals surface area (Å²) in [5.74, 6) is -0.384. The van der Waals surface area contributed by atoms with Crippen molar-refractivity contribution >= 4 is 48.5 Å². The lowest BCUT2D eigenvalue weighted by Crippen LogP contribution is -2.62. The Morgan fingerprint density at radius 1 is 0.694 bits per heavy atom. The highest BCUT2D eigenvalue weighted by atomic mass is 28.5. The molecule has 0 aromatic heterocycles. The molecule has 12 heteroatoms. The molecule has 0 radical (unpaired) electrons. The molecule has 0 aliphatic heterocycles. The number of unbranched alkanes of at least 4 members (excludes halogenated alkanes) is 2. The van der Waals surface area contributed by atoms with E-state index in [1.807, 2.05) is 0 Å². The van der Waals surface area contributed by atoms with Gasteiger partial charge in [0, 0.05) is 18.7 Å². The van der Waals surface area contributed by atoms with Gasteiger partial charge in [0.05, 0.1) is 6.61 Å². The van der Waals surface area contributed by atoms with Gasteiger partial charge in [-0.3, -0.25) is 0 Å². The fourth-order valence-corrected chi connectivity index (χ4v) is 28.1. The lowest BCUT2D eigenvalue weighted by molar-refractivity contribution is -0.139. The van der Waals surface area contributed by atoms with Gasteiger partial charge in [-0.25, -0.2) is 4.79 Å². The van der Waals surface area contributed by atoms with Crippen molar-refractivity contribution in [3.63, 3.8) is 0 Å². The molecule has 0 saturated heterocycles. The average Bonchev–Trinajstić information content (AvgIpc) is 2.71. The van der Waals surface area contributed by atoms with E-state index in [0.29, 0.717) is 18.0 Å². The van der Waals surface area contributed by atoms with E-state index >= 15 is 0 Å². The zero-order valence-electron chi connectivity index (χ0n) is 25.4. The Kier molecular flexibility index (Phi) is 15.7. The molecule has 0 aromatic rings. The van der Waals surface area contributed by atoms with Crippen molar-refractivity contribution in [3.8, 4) is 0 Å². The van der Waals surface area contributed by atoms with Crippen LogP contribution in [0.4, 0.5) is 0 Å². The highest BCUT2D eigenvalue weighted by Gasteiger charge is 2.52. The van der Waals surface area contributed by atoms with Crippen molar-refractivity contribution in [2.75, 3.05) is 13.7 Å². The fraction of sp³-hybridized carbons (Fsp3) is 0.875. The van der Waals surface area contributed by atoms with Crippen LogP contribution in [-0.4, -0.2) is 62.2 Å². The Labute approximate surface area is 227 Å². The fourth-order valence-electron chi connectivity index (χ4n) is 4.31.